The van der Waals surface area contributed by atoms with Crippen molar-refractivity contribution in [3.05, 3.63) is 29.8 Å². The van der Waals surface area contributed by atoms with E-state index in [2.05, 4.69) is 12.2 Å². The van der Waals surface area contributed by atoms with Crippen molar-refractivity contribution in [2.24, 2.45) is 5.92 Å². The second-order valence-corrected chi connectivity index (χ2v) is 7.14. The lowest BCUT2D eigenvalue weighted by molar-refractivity contribution is -0.144. The zero-order valence-electron chi connectivity index (χ0n) is 17.0. The predicted octanol–water partition coefficient (Wildman–Crippen LogP) is 3.74. The fourth-order valence-electron chi connectivity index (χ4n) is 3.25. The van der Waals surface area contributed by atoms with E-state index in [1.54, 1.807) is 25.3 Å². The van der Waals surface area contributed by atoms with E-state index in [1.165, 1.54) is 12.5 Å². The fraction of sp³-hybridized carbons (Fsp3) is 0.545. The van der Waals surface area contributed by atoms with Crippen LogP contribution in [0.15, 0.2) is 24.3 Å². The Morgan fingerprint density at radius 1 is 1.21 bits per heavy atom. The summed E-state index contributed by atoms with van der Waals surface area (Å²) in [6, 6.07) is 5.59. The molecule has 1 saturated carbocycles. The maximum atomic E-state index is 12.0. The van der Waals surface area contributed by atoms with Gasteiger partial charge in [0.2, 0.25) is 0 Å². The summed E-state index contributed by atoms with van der Waals surface area (Å²) in [5.74, 6) is 0.923. The van der Waals surface area contributed by atoms with Crippen LogP contribution in [0.4, 0.5) is 0 Å². The molecule has 1 aromatic rings. The highest BCUT2D eigenvalue weighted by Gasteiger charge is 2.22. The lowest BCUT2D eigenvalue weighted by atomic mass is 9.86. The molecule has 0 heterocycles. The minimum absolute atomic E-state index is 0.177. The van der Waals surface area contributed by atoms with E-state index in [1.807, 2.05) is 13.0 Å². The predicted molar refractivity (Wildman–Crippen MR) is 108 cm³/mol. The summed E-state index contributed by atoms with van der Waals surface area (Å²) in [4.78, 5) is 23.9. The van der Waals surface area contributed by atoms with Crippen LogP contribution in [-0.2, 0) is 14.3 Å². The summed E-state index contributed by atoms with van der Waals surface area (Å²) >= 11 is 0. The van der Waals surface area contributed by atoms with Crippen LogP contribution in [0.5, 0.6) is 11.5 Å². The summed E-state index contributed by atoms with van der Waals surface area (Å²) in [6.45, 7) is 4.52. The maximum Gasteiger partial charge on any atom is 0.331 e. The van der Waals surface area contributed by atoms with Crippen molar-refractivity contribution in [3.8, 4) is 11.5 Å². The summed E-state index contributed by atoms with van der Waals surface area (Å²) in [5, 5.41) is 2.97. The molecule has 0 radical (unpaired) electrons. The lowest BCUT2D eigenvalue weighted by Crippen LogP contribution is -2.42. The molecule has 0 spiro atoms. The Bertz CT molecular complexity index is 686. The van der Waals surface area contributed by atoms with Gasteiger partial charge < -0.3 is 19.5 Å². The first-order chi connectivity index (χ1) is 13.5. The van der Waals surface area contributed by atoms with Gasteiger partial charge >= 0.3 is 5.97 Å². The summed E-state index contributed by atoms with van der Waals surface area (Å²) in [6.07, 6.45) is 8.28. The number of ether oxygens (including phenoxy) is 3. The fourth-order valence-corrected chi connectivity index (χ4v) is 3.25. The minimum Gasteiger partial charge on any atom is -0.493 e. The molecule has 0 bridgehead atoms. The van der Waals surface area contributed by atoms with Crippen LogP contribution in [0.25, 0.3) is 6.08 Å². The molecule has 0 unspecified atom stereocenters. The molecule has 1 aromatic carbocycles. The van der Waals surface area contributed by atoms with Crippen molar-refractivity contribution in [2.75, 3.05) is 20.3 Å². The normalized spacial score (nSPS) is 19.2. The maximum absolute atomic E-state index is 12.0. The van der Waals surface area contributed by atoms with Crippen LogP contribution in [0.1, 0.15) is 51.5 Å². The Labute approximate surface area is 167 Å². The zero-order valence-corrected chi connectivity index (χ0v) is 17.0. The molecule has 1 amide bonds. The topological polar surface area (TPSA) is 73.9 Å². The smallest absolute Gasteiger partial charge is 0.331 e. The largest absolute Gasteiger partial charge is 0.493 e. The number of hydrogen-bond donors (Lipinski definition) is 1. The van der Waals surface area contributed by atoms with Gasteiger partial charge in [-0.1, -0.05) is 32.8 Å². The monoisotopic (exact) mass is 389 g/mol. The van der Waals surface area contributed by atoms with Crippen molar-refractivity contribution < 1.29 is 23.8 Å². The molecule has 1 N–H and O–H groups in total. The molecule has 6 nitrogen and oxygen atoms in total. The van der Waals surface area contributed by atoms with Crippen molar-refractivity contribution in [1.82, 2.24) is 5.32 Å². The van der Waals surface area contributed by atoms with Gasteiger partial charge in [0, 0.05) is 12.1 Å². The molecule has 6 heteroatoms. The molecule has 0 aromatic heterocycles. The van der Waals surface area contributed by atoms with Crippen LogP contribution in [0.3, 0.4) is 0 Å². The highest BCUT2D eigenvalue weighted by molar-refractivity contribution is 5.89. The molecule has 1 aliphatic carbocycles. The first-order valence-electron chi connectivity index (χ1n) is 9.98. The third-order valence-corrected chi connectivity index (χ3v) is 4.86. The van der Waals surface area contributed by atoms with Gasteiger partial charge in [0.05, 0.1) is 13.7 Å². The van der Waals surface area contributed by atoms with Crippen molar-refractivity contribution in [3.63, 3.8) is 0 Å². The first kappa shape index (κ1) is 21.8. The Morgan fingerprint density at radius 3 is 2.71 bits per heavy atom. The van der Waals surface area contributed by atoms with E-state index in [-0.39, 0.29) is 18.6 Å². The number of esters is 1. The second kappa shape index (κ2) is 11.4. The molecule has 28 heavy (non-hydrogen) atoms. The van der Waals surface area contributed by atoms with Gasteiger partial charge in [0.15, 0.2) is 18.1 Å². The highest BCUT2D eigenvalue weighted by atomic mass is 16.5. The van der Waals surface area contributed by atoms with Gasteiger partial charge in [-0.15, -0.1) is 0 Å². The van der Waals surface area contributed by atoms with E-state index in [0.717, 1.165) is 31.2 Å². The average Bonchev–Trinajstić information content (AvgIpc) is 2.71. The van der Waals surface area contributed by atoms with Crippen LogP contribution in [-0.4, -0.2) is 38.2 Å². The number of nitrogens with one attached hydrogen (secondary N) is 1. The minimum atomic E-state index is -0.558. The van der Waals surface area contributed by atoms with E-state index < -0.39 is 5.97 Å². The van der Waals surface area contributed by atoms with E-state index >= 15 is 0 Å². The number of benzene rings is 1. The van der Waals surface area contributed by atoms with Crippen molar-refractivity contribution >= 4 is 18.0 Å². The standard InChI is InChI=1S/C22H31NO5/c1-4-13-27-19-11-9-17(14-20(19)26-3)10-12-22(25)28-15-21(24)23-18-8-6-5-7-16(18)2/h9-12,14,16,18H,4-8,13,15H2,1-3H3,(H,23,24)/b12-10+/t16-,18+/m0/s1. The summed E-state index contributed by atoms with van der Waals surface area (Å²) in [5.41, 5.74) is 0.776. The van der Waals surface area contributed by atoms with Crippen molar-refractivity contribution in [2.45, 2.75) is 52.0 Å². The van der Waals surface area contributed by atoms with Gasteiger partial charge in [-0.05, 0) is 49.0 Å². The van der Waals surface area contributed by atoms with E-state index in [4.69, 9.17) is 14.2 Å². The number of amides is 1. The quantitative estimate of drug-likeness (QED) is 0.514. The van der Waals surface area contributed by atoms with Crippen molar-refractivity contribution in [1.29, 1.82) is 0 Å². The number of carbonyl (C=O) groups is 2. The first-order valence-corrected chi connectivity index (χ1v) is 9.98. The Hall–Kier alpha value is -2.50. The van der Waals surface area contributed by atoms with Crippen LogP contribution in [0, 0.1) is 5.92 Å². The molecule has 0 saturated heterocycles. The van der Waals surface area contributed by atoms with Crippen LogP contribution < -0.4 is 14.8 Å². The Balaban J connectivity index is 1.81. The number of methoxy groups -OCH3 is 1. The zero-order chi connectivity index (χ0) is 20.4. The number of rotatable bonds is 9. The van der Waals surface area contributed by atoms with Gasteiger partial charge in [-0.25, -0.2) is 4.79 Å². The third-order valence-electron chi connectivity index (χ3n) is 4.86. The Morgan fingerprint density at radius 2 is 2.00 bits per heavy atom. The lowest BCUT2D eigenvalue weighted by Gasteiger charge is -2.29. The summed E-state index contributed by atoms with van der Waals surface area (Å²) in [7, 11) is 1.57. The van der Waals surface area contributed by atoms with Crippen LogP contribution >= 0.6 is 0 Å². The van der Waals surface area contributed by atoms with E-state index in [0.29, 0.717) is 24.0 Å². The molecule has 154 valence electrons. The molecular formula is C22H31NO5. The van der Waals surface area contributed by atoms with Gasteiger partial charge in [-0.2, -0.15) is 0 Å². The molecule has 2 rings (SSSR count). The third kappa shape index (κ3) is 6.91. The van der Waals surface area contributed by atoms with Gasteiger partial charge in [0.1, 0.15) is 0 Å². The summed E-state index contributed by atoms with van der Waals surface area (Å²) < 4.78 is 16.0. The number of hydrogen-bond acceptors (Lipinski definition) is 5. The Kier molecular flexibility index (Phi) is 8.85. The van der Waals surface area contributed by atoms with Gasteiger partial charge in [-0.3, -0.25) is 4.79 Å². The molecule has 1 fully saturated rings. The van der Waals surface area contributed by atoms with E-state index in [9.17, 15) is 9.59 Å². The SMILES string of the molecule is CCCOc1ccc(/C=C/C(=O)OCC(=O)N[C@@H]2CCCC[C@@H]2C)cc1OC. The second-order valence-electron chi connectivity index (χ2n) is 7.14. The highest BCUT2D eigenvalue weighted by Crippen LogP contribution is 2.28. The van der Waals surface area contributed by atoms with Gasteiger partial charge in [0.25, 0.3) is 5.91 Å². The molecular weight excluding hydrogens is 358 g/mol. The van der Waals surface area contributed by atoms with Crippen LogP contribution in [0.2, 0.25) is 0 Å². The molecule has 2 atom stereocenters. The number of carbonyl (C=O) groups excluding carboxylic acids is 2. The molecule has 1 aliphatic rings. The average molecular weight is 389 g/mol. The molecule has 0 aliphatic heterocycles.